The van der Waals surface area contributed by atoms with Crippen molar-refractivity contribution in [1.82, 2.24) is 0 Å². The van der Waals surface area contributed by atoms with Crippen molar-refractivity contribution in [3.8, 4) is 5.75 Å². The molecule has 3 heteroatoms. The average Bonchev–Trinajstić information content (AvgIpc) is 2.85. The summed E-state index contributed by atoms with van der Waals surface area (Å²) in [5.41, 5.74) is 1.82. The molecule has 1 aromatic carbocycles. The number of rotatable bonds is 24. The summed E-state index contributed by atoms with van der Waals surface area (Å²) in [7, 11) is 0. The van der Waals surface area contributed by atoms with E-state index in [2.05, 4.69) is 18.8 Å². The van der Waals surface area contributed by atoms with Crippen molar-refractivity contribution in [2.75, 3.05) is 11.9 Å². The second-order valence-electron chi connectivity index (χ2n) is 10.4. The maximum Gasteiger partial charge on any atom is 0.224 e. The minimum absolute atomic E-state index is 0.104. The molecule has 0 spiro atoms. The zero-order valence-electron chi connectivity index (χ0n) is 23.2. The number of carbonyl (C=O) groups excluding carboxylic acids is 1. The van der Waals surface area contributed by atoms with Crippen LogP contribution in [0.25, 0.3) is 0 Å². The Morgan fingerprint density at radius 1 is 0.686 bits per heavy atom. The van der Waals surface area contributed by atoms with E-state index in [0.717, 1.165) is 29.9 Å². The van der Waals surface area contributed by atoms with Gasteiger partial charge >= 0.3 is 0 Å². The van der Waals surface area contributed by atoms with Crippen LogP contribution in [0, 0.1) is 0 Å². The predicted octanol–water partition coefficient (Wildman–Crippen LogP) is 10.4. The number of amides is 1. The van der Waals surface area contributed by atoms with Gasteiger partial charge in [0.2, 0.25) is 5.91 Å². The summed E-state index contributed by atoms with van der Waals surface area (Å²) >= 11 is 0. The number of benzene rings is 1. The van der Waals surface area contributed by atoms with Crippen LogP contribution in [0.3, 0.4) is 0 Å². The highest BCUT2D eigenvalue weighted by Crippen LogP contribution is 2.18. The van der Waals surface area contributed by atoms with Gasteiger partial charge in [-0.05, 0) is 43.2 Å². The van der Waals surface area contributed by atoms with Crippen LogP contribution in [0.15, 0.2) is 36.4 Å². The third-order valence-electron chi connectivity index (χ3n) is 6.63. The number of hydrogen-bond acceptors (Lipinski definition) is 2. The smallest absolute Gasteiger partial charge is 0.224 e. The zero-order chi connectivity index (χ0) is 25.4. The van der Waals surface area contributed by atoms with Gasteiger partial charge in [-0.15, -0.1) is 0 Å². The number of ether oxygens (including phenoxy) is 1. The fourth-order valence-corrected chi connectivity index (χ4v) is 4.43. The third kappa shape index (κ3) is 20.2. The van der Waals surface area contributed by atoms with Crippen LogP contribution in [-0.2, 0) is 4.79 Å². The second-order valence-corrected chi connectivity index (χ2v) is 10.4. The minimum Gasteiger partial charge on any atom is -0.489 e. The number of nitrogens with one attached hydrogen (secondary N) is 1. The molecule has 1 N–H and O–H groups in total. The maximum absolute atomic E-state index is 12.1. The summed E-state index contributed by atoms with van der Waals surface area (Å²) in [5, 5.41) is 2.98. The third-order valence-corrected chi connectivity index (χ3v) is 6.63. The Morgan fingerprint density at radius 3 is 1.49 bits per heavy atom. The summed E-state index contributed by atoms with van der Waals surface area (Å²) in [5.74, 6) is 0.900. The number of anilines is 1. The fourth-order valence-electron chi connectivity index (χ4n) is 4.43. The van der Waals surface area contributed by atoms with Crippen LogP contribution in [0.1, 0.15) is 142 Å². The van der Waals surface area contributed by atoms with Crippen LogP contribution in [0.4, 0.5) is 5.69 Å². The minimum atomic E-state index is 0.104. The Labute approximate surface area is 217 Å². The second kappa shape index (κ2) is 22.7. The first-order valence-electron chi connectivity index (χ1n) is 14.8. The first kappa shape index (κ1) is 31.3. The summed E-state index contributed by atoms with van der Waals surface area (Å²) in [6, 6.07) is 7.55. The van der Waals surface area contributed by atoms with Crippen molar-refractivity contribution in [2.24, 2.45) is 0 Å². The monoisotopic (exact) mass is 485 g/mol. The van der Waals surface area contributed by atoms with Gasteiger partial charge in [-0.3, -0.25) is 4.79 Å². The largest absolute Gasteiger partial charge is 0.489 e. The fraction of sp³-hybridized carbons (Fsp3) is 0.719. The number of unbranched alkanes of at least 4 members (excludes halogenated alkanes) is 18. The highest BCUT2D eigenvalue weighted by molar-refractivity contribution is 5.90. The molecule has 0 fully saturated rings. The van der Waals surface area contributed by atoms with Gasteiger partial charge in [-0.2, -0.15) is 0 Å². The molecule has 1 aromatic rings. The van der Waals surface area contributed by atoms with E-state index >= 15 is 0 Å². The summed E-state index contributed by atoms with van der Waals surface area (Å²) in [6.45, 7) is 8.58. The van der Waals surface area contributed by atoms with E-state index in [0.29, 0.717) is 13.0 Å². The van der Waals surface area contributed by atoms with E-state index in [1.54, 1.807) is 0 Å². The SMILES string of the molecule is C=C(C)COc1ccc(NC(=O)CCCCCCCCCCCCCCCCCCCCC)cc1. The lowest BCUT2D eigenvalue weighted by molar-refractivity contribution is -0.116. The van der Waals surface area contributed by atoms with Crippen molar-refractivity contribution < 1.29 is 9.53 Å². The van der Waals surface area contributed by atoms with Crippen LogP contribution < -0.4 is 10.1 Å². The molecule has 1 amide bonds. The van der Waals surface area contributed by atoms with Crippen molar-refractivity contribution in [3.05, 3.63) is 36.4 Å². The van der Waals surface area contributed by atoms with E-state index in [9.17, 15) is 4.79 Å². The predicted molar refractivity (Wildman–Crippen MR) is 153 cm³/mol. The van der Waals surface area contributed by atoms with Crippen molar-refractivity contribution in [1.29, 1.82) is 0 Å². The highest BCUT2D eigenvalue weighted by atomic mass is 16.5. The molecule has 0 unspecified atom stereocenters. The summed E-state index contributed by atoms with van der Waals surface area (Å²) in [4.78, 5) is 12.1. The van der Waals surface area contributed by atoms with Gasteiger partial charge in [0, 0.05) is 12.1 Å². The normalized spacial score (nSPS) is 10.9. The molecule has 0 saturated carbocycles. The van der Waals surface area contributed by atoms with Crippen LogP contribution in [-0.4, -0.2) is 12.5 Å². The van der Waals surface area contributed by atoms with Crippen LogP contribution in [0.5, 0.6) is 5.75 Å². The molecule has 0 heterocycles. The van der Waals surface area contributed by atoms with Crippen molar-refractivity contribution in [2.45, 2.75) is 142 Å². The van der Waals surface area contributed by atoms with E-state index in [-0.39, 0.29) is 5.91 Å². The van der Waals surface area contributed by atoms with E-state index < -0.39 is 0 Å². The lowest BCUT2D eigenvalue weighted by Gasteiger charge is -2.08. The van der Waals surface area contributed by atoms with E-state index in [4.69, 9.17) is 4.74 Å². The maximum atomic E-state index is 12.1. The number of hydrogen-bond donors (Lipinski definition) is 1. The van der Waals surface area contributed by atoms with Gasteiger partial charge in [-0.25, -0.2) is 0 Å². The highest BCUT2D eigenvalue weighted by Gasteiger charge is 2.03. The number of carbonyl (C=O) groups is 1. The van der Waals surface area contributed by atoms with Gasteiger partial charge in [-0.1, -0.05) is 129 Å². The van der Waals surface area contributed by atoms with E-state index in [1.807, 2.05) is 31.2 Å². The van der Waals surface area contributed by atoms with Crippen molar-refractivity contribution in [3.63, 3.8) is 0 Å². The molecule has 1 rings (SSSR count). The van der Waals surface area contributed by atoms with Gasteiger partial charge in [0.25, 0.3) is 0 Å². The quantitative estimate of drug-likeness (QED) is 0.117. The molecule has 0 aliphatic carbocycles. The zero-order valence-corrected chi connectivity index (χ0v) is 23.2. The van der Waals surface area contributed by atoms with Gasteiger partial charge in [0.15, 0.2) is 0 Å². The first-order valence-corrected chi connectivity index (χ1v) is 14.8. The Hall–Kier alpha value is -1.77. The summed E-state index contributed by atoms with van der Waals surface area (Å²) < 4.78 is 5.59. The Kier molecular flexibility index (Phi) is 20.3. The molecule has 35 heavy (non-hydrogen) atoms. The lowest BCUT2D eigenvalue weighted by Crippen LogP contribution is -2.11. The topological polar surface area (TPSA) is 38.3 Å². The van der Waals surface area contributed by atoms with Crippen LogP contribution >= 0.6 is 0 Å². The molecule has 0 atom stereocenters. The molecule has 0 aliphatic heterocycles. The van der Waals surface area contributed by atoms with E-state index in [1.165, 1.54) is 109 Å². The molecule has 0 saturated heterocycles. The molecular formula is C32H55NO2. The lowest BCUT2D eigenvalue weighted by atomic mass is 10.0. The molecule has 0 bridgehead atoms. The Balaban J connectivity index is 1.83. The van der Waals surface area contributed by atoms with Gasteiger partial charge < -0.3 is 10.1 Å². The van der Waals surface area contributed by atoms with Crippen molar-refractivity contribution >= 4 is 11.6 Å². The standard InChI is InChI=1S/C32H55NO2/c1-4-5-6-7-8-9-10-11-12-13-14-15-16-17-18-19-20-21-22-23-32(34)33-30-24-26-31(27-25-30)35-28-29(2)3/h24-27H,2,4-23,28H2,1,3H3,(H,33,34). The average molecular weight is 486 g/mol. The van der Waals surface area contributed by atoms with Gasteiger partial charge in [0.05, 0.1) is 0 Å². The summed E-state index contributed by atoms with van der Waals surface area (Å²) in [6.07, 6.45) is 26.6. The first-order chi connectivity index (χ1) is 17.1. The molecule has 3 nitrogen and oxygen atoms in total. The Bertz CT molecular complexity index is 637. The molecular weight excluding hydrogens is 430 g/mol. The molecule has 200 valence electrons. The molecule has 0 aliphatic rings. The molecule has 0 aromatic heterocycles. The van der Waals surface area contributed by atoms with Gasteiger partial charge in [0.1, 0.15) is 12.4 Å². The van der Waals surface area contributed by atoms with Crippen LogP contribution in [0.2, 0.25) is 0 Å². The Morgan fingerprint density at radius 2 is 1.09 bits per heavy atom. The molecule has 0 radical (unpaired) electrons.